The third-order valence-electron chi connectivity index (χ3n) is 5.50. The van der Waals surface area contributed by atoms with Crippen LogP contribution in [0, 0.1) is 20.8 Å². The van der Waals surface area contributed by atoms with Gasteiger partial charge in [0.05, 0.1) is 12.7 Å². The molecular weight excluding hydrogens is 360 g/mol. The Morgan fingerprint density at radius 2 is 1.93 bits per heavy atom. The fourth-order valence-corrected chi connectivity index (χ4v) is 3.49. The number of carbonyl (C=O) groups excluding carboxylic acids is 2. The summed E-state index contributed by atoms with van der Waals surface area (Å²) in [5, 5.41) is 10.3. The molecule has 0 bridgehead atoms. The van der Waals surface area contributed by atoms with Crippen LogP contribution < -0.4 is 14.2 Å². The molecule has 28 heavy (non-hydrogen) atoms. The van der Waals surface area contributed by atoms with E-state index >= 15 is 0 Å². The van der Waals surface area contributed by atoms with Gasteiger partial charge in [-0.15, -0.1) is 0 Å². The Hall–Kier alpha value is -3.02. The molecule has 0 aromatic heterocycles. The topological polar surface area (TPSA) is 82.1 Å². The molecule has 0 saturated heterocycles. The van der Waals surface area contributed by atoms with Crippen molar-refractivity contribution < 1.29 is 28.9 Å². The van der Waals surface area contributed by atoms with Gasteiger partial charge in [-0.3, -0.25) is 4.79 Å². The molecule has 0 amide bonds. The summed E-state index contributed by atoms with van der Waals surface area (Å²) in [5.74, 6) is 0.638. The van der Waals surface area contributed by atoms with Crippen LogP contribution in [-0.2, 0) is 11.2 Å². The Labute approximate surface area is 164 Å². The number of hydrogen-bond acceptors (Lipinski definition) is 6. The molecule has 1 atom stereocenters. The van der Waals surface area contributed by atoms with Gasteiger partial charge < -0.3 is 19.3 Å². The maximum absolute atomic E-state index is 13.0. The van der Waals surface area contributed by atoms with Crippen molar-refractivity contribution in [2.75, 3.05) is 7.11 Å². The molecule has 6 heteroatoms. The molecule has 0 saturated carbocycles. The van der Waals surface area contributed by atoms with Crippen molar-refractivity contribution in [2.24, 2.45) is 0 Å². The van der Waals surface area contributed by atoms with E-state index in [1.165, 1.54) is 7.11 Å². The Kier molecular flexibility index (Phi) is 5.06. The summed E-state index contributed by atoms with van der Waals surface area (Å²) in [6.07, 6.45) is 1.56. The van der Waals surface area contributed by atoms with E-state index < -0.39 is 11.6 Å². The van der Waals surface area contributed by atoms with E-state index in [-0.39, 0.29) is 17.1 Å². The van der Waals surface area contributed by atoms with Gasteiger partial charge in [-0.05, 0) is 62.9 Å². The molecule has 2 aromatic rings. The van der Waals surface area contributed by atoms with Gasteiger partial charge in [0, 0.05) is 12.0 Å². The summed E-state index contributed by atoms with van der Waals surface area (Å²) in [6.45, 7) is 7.19. The number of ether oxygens (including phenoxy) is 3. The van der Waals surface area contributed by atoms with Crippen molar-refractivity contribution in [1.29, 1.82) is 0 Å². The van der Waals surface area contributed by atoms with Crippen molar-refractivity contribution in [2.45, 2.75) is 46.1 Å². The highest BCUT2D eigenvalue weighted by atomic mass is 16.6. The lowest BCUT2D eigenvalue weighted by Gasteiger charge is -2.36. The highest BCUT2D eigenvalue weighted by Gasteiger charge is 2.43. The molecule has 1 aliphatic heterocycles. The highest BCUT2D eigenvalue weighted by Crippen LogP contribution is 2.44. The summed E-state index contributed by atoms with van der Waals surface area (Å²) < 4.78 is 16.9. The van der Waals surface area contributed by atoms with Gasteiger partial charge in [0.2, 0.25) is 5.60 Å². The van der Waals surface area contributed by atoms with E-state index in [1.54, 1.807) is 25.1 Å². The number of aldehydes is 1. The van der Waals surface area contributed by atoms with Crippen LogP contribution >= 0.6 is 0 Å². The Bertz CT molecular complexity index is 962. The largest absolute Gasteiger partial charge is 0.507 e. The Balaban J connectivity index is 1.96. The second-order valence-electron chi connectivity index (χ2n) is 7.25. The van der Waals surface area contributed by atoms with Gasteiger partial charge in [-0.25, -0.2) is 4.79 Å². The fourth-order valence-electron chi connectivity index (χ4n) is 3.49. The van der Waals surface area contributed by atoms with Crippen LogP contribution in [0.5, 0.6) is 23.0 Å². The zero-order chi connectivity index (χ0) is 20.6. The molecule has 0 spiro atoms. The molecule has 0 radical (unpaired) electrons. The van der Waals surface area contributed by atoms with Gasteiger partial charge in [-0.2, -0.15) is 0 Å². The summed E-state index contributed by atoms with van der Waals surface area (Å²) in [7, 11) is 1.44. The number of hydrogen-bond donors (Lipinski definition) is 1. The van der Waals surface area contributed by atoms with E-state index in [0.29, 0.717) is 30.6 Å². The minimum atomic E-state index is -1.23. The quantitative estimate of drug-likeness (QED) is 0.490. The SMILES string of the molecule is COc1cccc(C=O)c1OC(=O)C1(C)CCc2c(C)c(O)c(C)c(C)c2O1. The van der Waals surface area contributed by atoms with Gasteiger partial charge in [-0.1, -0.05) is 6.07 Å². The molecule has 1 unspecified atom stereocenters. The number of phenols is 1. The molecule has 2 aromatic carbocycles. The number of benzene rings is 2. The first-order chi connectivity index (χ1) is 13.2. The smallest absolute Gasteiger partial charge is 0.355 e. The Morgan fingerprint density at radius 1 is 1.21 bits per heavy atom. The number of esters is 1. The highest BCUT2D eigenvalue weighted by molar-refractivity contribution is 5.87. The van der Waals surface area contributed by atoms with Crippen LogP contribution in [-0.4, -0.2) is 30.1 Å². The van der Waals surface area contributed by atoms with Crippen LogP contribution in [0.2, 0.25) is 0 Å². The Morgan fingerprint density at radius 3 is 2.57 bits per heavy atom. The van der Waals surface area contributed by atoms with Gasteiger partial charge in [0.25, 0.3) is 0 Å². The number of aromatic hydroxyl groups is 1. The van der Waals surface area contributed by atoms with E-state index in [0.717, 1.165) is 22.3 Å². The molecule has 0 aliphatic carbocycles. The maximum Gasteiger partial charge on any atom is 0.355 e. The maximum atomic E-state index is 13.0. The monoisotopic (exact) mass is 384 g/mol. The number of phenolic OH excluding ortho intramolecular Hbond substituents is 1. The van der Waals surface area contributed by atoms with Crippen LogP contribution in [0.3, 0.4) is 0 Å². The number of fused-ring (bicyclic) bond motifs is 1. The van der Waals surface area contributed by atoms with Crippen molar-refractivity contribution >= 4 is 12.3 Å². The third-order valence-corrected chi connectivity index (χ3v) is 5.50. The van der Waals surface area contributed by atoms with Crippen molar-refractivity contribution in [1.82, 2.24) is 0 Å². The van der Waals surface area contributed by atoms with Crippen LogP contribution in [0.1, 0.15) is 46.0 Å². The van der Waals surface area contributed by atoms with E-state index in [9.17, 15) is 14.7 Å². The predicted molar refractivity (Wildman–Crippen MR) is 104 cm³/mol. The summed E-state index contributed by atoms with van der Waals surface area (Å²) >= 11 is 0. The molecule has 3 rings (SSSR count). The third kappa shape index (κ3) is 3.09. The van der Waals surface area contributed by atoms with E-state index in [4.69, 9.17) is 14.2 Å². The van der Waals surface area contributed by atoms with Crippen LogP contribution in [0.25, 0.3) is 0 Å². The molecular formula is C22H24O6. The average molecular weight is 384 g/mol. The number of para-hydroxylation sites is 1. The van der Waals surface area contributed by atoms with Gasteiger partial charge in [0.1, 0.15) is 11.5 Å². The lowest BCUT2D eigenvalue weighted by molar-refractivity contribution is -0.152. The number of rotatable bonds is 4. The lowest BCUT2D eigenvalue weighted by Crippen LogP contribution is -2.47. The second kappa shape index (κ2) is 7.19. The lowest BCUT2D eigenvalue weighted by atomic mass is 9.87. The molecule has 6 nitrogen and oxygen atoms in total. The number of carbonyl (C=O) groups is 2. The molecule has 1 N–H and O–H groups in total. The first kappa shape index (κ1) is 19.7. The molecule has 0 fully saturated rings. The first-order valence-corrected chi connectivity index (χ1v) is 9.08. The zero-order valence-electron chi connectivity index (χ0n) is 16.7. The summed E-state index contributed by atoms with van der Waals surface area (Å²) in [6, 6.07) is 4.82. The second-order valence-corrected chi connectivity index (χ2v) is 7.25. The normalized spacial score (nSPS) is 18.0. The first-order valence-electron chi connectivity index (χ1n) is 9.08. The van der Waals surface area contributed by atoms with Crippen LogP contribution in [0.4, 0.5) is 0 Å². The average Bonchev–Trinajstić information content (AvgIpc) is 2.70. The van der Waals surface area contributed by atoms with Gasteiger partial charge in [0.15, 0.2) is 17.8 Å². The molecule has 1 aliphatic rings. The van der Waals surface area contributed by atoms with E-state index in [1.807, 2.05) is 20.8 Å². The summed E-state index contributed by atoms with van der Waals surface area (Å²) in [5.41, 5.74) is 2.18. The van der Waals surface area contributed by atoms with E-state index in [2.05, 4.69) is 0 Å². The standard InChI is InChI=1S/C22H24O6/c1-12-13(2)19-16(14(3)18(12)24)9-10-22(4,28-19)21(25)27-20-15(11-23)7-6-8-17(20)26-5/h6-8,11,24H,9-10H2,1-5H3. The fraction of sp³-hybridized carbons (Fsp3) is 0.364. The summed E-state index contributed by atoms with van der Waals surface area (Å²) in [4.78, 5) is 24.4. The minimum absolute atomic E-state index is 0.0791. The van der Waals surface area contributed by atoms with Crippen LogP contribution in [0.15, 0.2) is 18.2 Å². The predicted octanol–water partition coefficient (Wildman–Crippen LogP) is 3.83. The zero-order valence-corrected chi connectivity index (χ0v) is 16.7. The number of methoxy groups -OCH3 is 1. The van der Waals surface area contributed by atoms with Crippen molar-refractivity contribution in [3.63, 3.8) is 0 Å². The van der Waals surface area contributed by atoms with Crippen molar-refractivity contribution in [3.05, 3.63) is 46.0 Å². The van der Waals surface area contributed by atoms with Crippen molar-refractivity contribution in [3.8, 4) is 23.0 Å². The van der Waals surface area contributed by atoms with Gasteiger partial charge >= 0.3 is 5.97 Å². The molecule has 148 valence electrons. The molecule has 1 heterocycles. The minimum Gasteiger partial charge on any atom is -0.507 e.